The third kappa shape index (κ3) is 4.95. The van der Waals surface area contributed by atoms with E-state index in [1.54, 1.807) is 0 Å². The molecule has 29 heavy (non-hydrogen) atoms. The quantitative estimate of drug-likeness (QED) is 0.651. The molecule has 1 aromatic carbocycles. The van der Waals surface area contributed by atoms with Crippen molar-refractivity contribution in [3.05, 3.63) is 24.3 Å². The van der Waals surface area contributed by atoms with Gasteiger partial charge in [0.2, 0.25) is 15.9 Å². The number of carbonyl (C=O) groups excluding carboxylic acids is 1. The van der Waals surface area contributed by atoms with Crippen LogP contribution in [0.5, 0.6) is 0 Å². The lowest BCUT2D eigenvalue weighted by atomic mass is 10.3. The van der Waals surface area contributed by atoms with E-state index in [1.807, 2.05) is 7.05 Å². The molecule has 12 heteroatoms. The Bertz CT molecular complexity index is 933. The number of benzene rings is 1. The highest BCUT2D eigenvalue weighted by Crippen LogP contribution is 2.22. The molecule has 162 valence electrons. The Morgan fingerprint density at radius 3 is 1.72 bits per heavy atom. The van der Waals surface area contributed by atoms with Crippen LogP contribution in [0.3, 0.4) is 0 Å². The summed E-state index contributed by atoms with van der Waals surface area (Å²) in [5.74, 6) is -0.238. The second kappa shape index (κ2) is 8.66. The summed E-state index contributed by atoms with van der Waals surface area (Å²) in [5, 5.41) is 2.59. The summed E-state index contributed by atoms with van der Waals surface area (Å²) in [5.41, 5.74) is 0.513. The Kier molecular flexibility index (Phi) is 6.61. The lowest BCUT2D eigenvalue weighted by molar-refractivity contribution is -0.114. The van der Waals surface area contributed by atoms with Gasteiger partial charge in [0.15, 0.2) is 0 Å². The van der Waals surface area contributed by atoms with Crippen LogP contribution in [0.1, 0.15) is 6.92 Å². The molecule has 0 aromatic heterocycles. The van der Waals surface area contributed by atoms with Gasteiger partial charge < -0.3 is 10.2 Å². The number of hydrogen-bond donors (Lipinski definition) is 1. The maximum Gasteiger partial charge on any atom is 0.282 e. The van der Waals surface area contributed by atoms with Crippen molar-refractivity contribution >= 4 is 31.8 Å². The van der Waals surface area contributed by atoms with E-state index in [0.717, 1.165) is 0 Å². The number of sulfonamides is 1. The van der Waals surface area contributed by atoms with E-state index in [-0.39, 0.29) is 37.0 Å². The lowest BCUT2D eigenvalue weighted by Crippen LogP contribution is -2.57. The summed E-state index contributed by atoms with van der Waals surface area (Å²) >= 11 is 0. The summed E-state index contributed by atoms with van der Waals surface area (Å²) in [6.07, 6.45) is 0. The van der Waals surface area contributed by atoms with Gasteiger partial charge in [-0.05, 0) is 31.3 Å². The van der Waals surface area contributed by atoms with Gasteiger partial charge >= 0.3 is 0 Å². The number of rotatable bonds is 5. The zero-order valence-corrected chi connectivity index (χ0v) is 18.2. The average Bonchev–Trinajstić information content (AvgIpc) is 2.68. The van der Waals surface area contributed by atoms with E-state index < -0.39 is 20.2 Å². The molecule has 10 nitrogen and oxygen atoms in total. The minimum absolute atomic E-state index is 0.1000. The van der Waals surface area contributed by atoms with E-state index in [9.17, 15) is 21.6 Å². The molecule has 0 saturated carbocycles. The Morgan fingerprint density at radius 2 is 1.24 bits per heavy atom. The van der Waals surface area contributed by atoms with Crippen LogP contribution in [0.4, 0.5) is 5.69 Å². The molecule has 1 N–H and O–H groups in total. The summed E-state index contributed by atoms with van der Waals surface area (Å²) in [4.78, 5) is 13.3. The van der Waals surface area contributed by atoms with Crippen LogP contribution in [0.2, 0.25) is 0 Å². The molecule has 0 spiro atoms. The Hall–Kier alpha value is -1.57. The normalized spacial score (nSPS) is 21.2. The van der Waals surface area contributed by atoms with Crippen molar-refractivity contribution in [3.8, 4) is 0 Å². The van der Waals surface area contributed by atoms with Gasteiger partial charge in [-0.15, -0.1) is 0 Å². The van der Waals surface area contributed by atoms with Crippen molar-refractivity contribution in [2.45, 2.75) is 11.8 Å². The number of hydrogen-bond acceptors (Lipinski definition) is 6. The molecule has 2 fully saturated rings. The van der Waals surface area contributed by atoms with Gasteiger partial charge in [-0.3, -0.25) is 4.79 Å². The van der Waals surface area contributed by atoms with Crippen LogP contribution < -0.4 is 5.32 Å². The van der Waals surface area contributed by atoms with Crippen molar-refractivity contribution in [1.29, 1.82) is 0 Å². The number of likely N-dealkylation sites (N-methyl/N-ethyl adjacent to an activating group) is 1. The molecule has 2 heterocycles. The summed E-state index contributed by atoms with van der Waals surface area (Å²) < 4.78 is 55.5. The molecule has 0 unspecified atom stereocenters. The third-order valence-electron chi connectivity index (χ3n) is 5.12. The highest BCUT2D eigenvalue weighted by molar-refractivity contribution is 7.89. The van der Waals surface area contributed by atoms with E-state index in [4.69, 9.17) is 0 Å². The highest BCUT2D eigenvalue weighted by Gasteiger charge is 2.36. The van der Waals surface area contributed by atoms with E-state index >= 15 is 0 Å². The number of carbonyl (C=O) groups is 1. The fraction of sp³-hybridized carbons (Fsp3) is 0.588. The monoisotopic (exact) mass is 445 g/mol. The predicted molar refractivity (Wildman–Crippen MR) is 109 cm³/mol. The first-order valence-corrected chi connectivity index (χ1v) is 12.3. The summed E-state index contributed by atoms with van der Waals surface area (Å²) in [6.45, 7) is 4.07. The molecular weight excluding hydrogens is 418 g/mol. The summed E-state index contributed by atoms with van der Waals surface area (Å²) in [6, 6.07) is 5.94. The Labute approximate surface area is 172 Å². The average molecular weight is 446 g/mol. The largest absolute Gasteiger partial charge is 0.326 e. The molecule has 3 rings (SSSR count). The van der Waals surface area contributed by atoms with E-state index in [0.29, 0.717) is 31.9 Å². The molecule has 1 amide bonds. The molecule has 0 atom stereocenters. The van der Waals surface area contributed by atoms with Crippen molar-refractivity contribution < 1.29 is 21.6 Å². The van der Waals surface area contributed by atoms with Crippen molar-refractivity contribution in [1.82, 2.24) is 17.8 Å². The second-order valence-corrected chi connectivity index (χ2v) is 11.1. The zero-order chi connectivity index (χ0) is 21.2. The molecule has 2 aliphatic rings. The molecule has 0 aliphatic carbocycles. The van der Waals surface area contributed by atoms with Gasteiger partial charge in [-0.1, -0.05) is 0 Å². The molecule has 2 saturated heterocycles. The smallest absolute Gasteiger partial charge is 0.282 e. The topological polar surface area (TPSA) is 110 Å². The van der Waals surface area contributed by atoms with Crippen LogP contribution in [0.15, 0.2) is 29.2 Å². The number of anilines is 1. The minimum Gasteiger partial charge on any atom is -0.326 e. The van der Waals surface area contributed by atoms with E-state index in [1.165, 1.54) is 44.1 Å². The third-order valence-corrected chi connectivity index (χ3v) is 9.07. The van der Waals surface area contributed by atoms with Gasteiger partial charge in [-0.2, -0.15) is 21.3 Å². The first kappa shape index (κ1) is 22.1. The Balaban J connectivity index is 1.64. The maximum atomic E-state index is 12.9. The van der Waals surface area contributed by atoms with Gasteiger partial charge in [-0.25, -0.2) is 8.42 Å². The fourth-order valence-corrected chi connectivity index (χ4v) is 6.38. The number of piperazine rings is 2. The first-order chi connectivity index (χ1) is 13.6. The number of nitrogens with zero attached hydrogens (tertiary/aromatic N) is 4. The van der Waals surface area contributed by atoms with Gasteiger partial charge in [0, 0.05) is 65.0 Å². The fourth-order valence-electron chi connectivity index (χ4n) is 3.39. The molecular formula is C17H27N5O5S2. The van der Waals surface area contributed by atoms with Crippen LogP contribution in [0, 0.1) is 0 Å². The van der Waals surface area contributed by atoms with Crippen molar-refractivity contribution in [2.75, 3.05) is 64.7 Å². The minimum atomic E-state index is -3.73. The highest BCUT2D eigenvalue weighted by atomic mass is 32.2. The van der Waals surface area contributed by atoms with Crippen LogP contribution in [-0.4, -0.2) is 100.0 Å². The predicted octanol–water partition coefficient (Wildman–Crippen LogP) is -0.556. The molecule has 1 aromatic rings. The molecule has 0 radical (unpaired) electrons. The summed E-state index contributed by atoms with van der Waals surface area (Å²) in [7, 11) is -5.36. The standard InChI is InChI=1S/C17H27N5O5S2/c1-15(23)18-16-3-5-17(6-4-16)28(24,25)20-11-13-22(14-12-20)29(26,27)21-9-7-19(2)8-10-21/h3-6H,7-14H2,1-2H3,(H,18,23). The van der Waals surface area contributed by atoms with Crippen molar-refractivity contribution in [3.63, 3.8) is 0 Å². The van der Waals surface area contributed by atoms with Crippen LogP contribution in [0.25, 0.3) is 0 Å². The van der Waals surface area contributed by atoms with Crippen LogP contribution >= 0.6 is 0 Å². The van der Waals surface area contributed by atoms with E-state index in [2.05, 4.69) is 10.2 Å². The van der Waals surface area contributed by atoms with Gasteiger partial charge in [0.25, 0.3) is 10.2 Å². The van der Waals surface area contributed by atoms with Gasteiger partial charge in [0.1, 0.15) is 0 Å². The maximum absolute atomic E-state index is 12.9. The molecule has 2 aliphatic heterocycles. The number of amides is 1. The van der Waals surface area contributed by atoms with Gasteiger partial charge in [0.05, 0.1) is 4.90 Å². The van der Waals surface area contributed by atoms with Crippen molar-refractivity contribution in [2.24, 2.45) is 0 Å². The Morgan fingerprint density at radius 1 is 0.793 bits per heavy atom. The van der Waals surface area contributed by atoms with Crippen LogP contribution in [-0.2, 0) is 25.0 Å². The molecule has 0 bridgehead atoms. The number of nitrogens with one attached hydrogen (secondary N) is 1. The first-order valence-electron chi connectivity index (χ1n) is 9.42. The lowest BCUT2D eigenvalue weighted by Gasteiger charge is -2.38. The second-order valence-electron chi connectivity index (χ2n) is 7.22. The SMILES string of the molecule is CC(=O)Nc1ccc(S(=O)(=O)N2CCN(S(=O)(=O)N3CCN(C)CC3)CC2)cc1. The zero-order valence-electron chi connectivity index (χ0n) is 16.6.